The molecule has 0 heterocycles. The lowest BCUT2D eigenvalue weighted by atomic mass is 10.1. The van der Waals surface area contributed by atoms with Crippen LogP contribution in [-0.4, -0.2) is 13.2 Å². The van der Waals surface area contributed by atoms with Gasteiger partial charge in [-0.1, -0.05) is 22.9 Å². The van der Waals surface area contributed by atoms with Crippen LogP contribution in [0.3, 0.4) is 0 Å². The molecule has 1 fully saturated rings. The van der Waals surface area contributed by atoms with Crippen LogP contribution in [0.4, 0.5) is 0 Å². The lowest BCUT2D eigenvalue weighted by Crippen LogP contribution is -2.14. The third kappa shape index (κ3) is 3.95. The van der Waals surface area contributed by atoms with Crippen molar-refractivity contribution in [3.8, 4) is 11.8 Å². The average Bonchev–Trinajstić information content (AvgIpc) is 3.17. The highest BCUT2D eigenvalue weighted by Crippen LogP contribution is 2.48. The van der Waals surface area contributed by atoms with Gasteiger partial charge in [0.1, 0.15) is 5.75 Å². The zero-order chi connectivity index (χ0) is 13.7. The lowest BCUT2D eigenvalue weighted by Gasteiger charge is -2.14. The van der Waals surface area contributed by atoms with Crippen molar-refractivity contribution in [1.29, 1.82) is 5.26 Å². The number of ether oxygens (including phenoxy) is 1. The number of nitrogens with one attached hydrogen (secondary N) is 1. The van der Waals surface area contributed by atoms with Crippen molar-refractivity contribution < 1.29 is 4.74 Å². The summed E-state index contributed by atoms with van der Waals surface area (Å²) in [6, 6.07) is 8.32. The molecule has 1 aromatic rings. The summed E-state index contributed by atoms with van der Waals surface area (Å²) in [5.41, 5.74) is 1.33. The molecule has 1 aliphatic carbocycles. The van der Waals surface area contributed by atoms with Crippen LogP contribution in [0, 0.1) is 16.7 Å². The van der Waals surface area contributed by atoms with Crippen LogP contribution in [0.1, 0.15) is 31.7 Å². The van der Waals surface area contributed by atoms with Crippen LogP contribution in [0.25, 0.3) is 0 Å². The van der Waals surface area contributed by atoms with Gasteiger partial charge in [0.2, 0.25) is 0 Å². The molecule has 3 nitrogen and oxygen atoms in total. The Morgan fingerprint density at radius 2 is 2.26 bits per heavy atom. The summed E-state index contributed by atoms with van der Waals surface area (Å²) in [7, 11) is 0. The highest BCUT2D eigenvalue weighted by Gasteiger charge is 2.43. The predicted molar refractivity (Wildman–Crippen MR) is 78.9 cm³/mol. The first-order valence-electron chi connectivity index (χ1n) is 6.68. The van der Waals surface area contributed by atoms with Gasteiger partial charge >= 0.3 is 0 Å². The third-order valence-corrected chi connectivity index (χ3v) is 4.31. The smallest absolute Gasteiger partial charge is 0.119 e. The molecule has 0 saturated heterocycles. The molecule has 102 valence electrons. The number of halogens is 1. The molecule has 1 saturated carbocycles. The number of benzene rings is 1. The van der Waals surface area contributed by atoms with E-state index in [4.69, 9.17) is 10.00 Å². The first-order chi connectivity index (χ1) is 9.19. The van der Waals surface area contributed by atoms with E-state index in [9.17, 15) is 0 Å². The van der Waals surface area contributed by atoms with Crippen molar-refractivity contribution in [3.63, 3.8) is 0 Å². The van der Waals surface area contributed by atoms with E-state index in [0.717, 1.165) is 36.2 Å². The zero-order valence-electron chi connectivity index (χ0n) is 11.2. The SMILES string of the molecule is CCNCc1cc(OCC2(CC#N)CC2)ccc1Br. The normalized spacial score (nSPS) is 15.8. The fourth-order valence-corrected chi connectivity index (χ4v) is 2.38. The maximum absolute atomic E-state index is 8.80. The van der Waals surface area contributed by atoms with Crippen LogP contribution in [0.15, 0.2) is 22.7 Å². The quantitative estimate of drug-likeness (QED) is 0.833. The Morgan fingerprint density at radius 3 is 2.89 bits per heavy atom. The Kier molecular flexibility index (Phi) is 4.84. The Morgan fingerprint density at radius 1 is 1.47 bits per heavy atom. The fourth-order valence-electron chi connectivity index (χ4n) is 1.99. The molecule has 0 bridgehead atoms. The van der Waals surface area contributed by atoms with Gasteiger partial charge in [0.15, 0.2) is 0 Å². The highest BCUT2D eigenvalue weighted by molar-refractivity contribution is 9.10. The minimum Gasteiger partial charge on any atom is -0.493 e. The van der Waals surface area contributed by atoms with Gasteiger partial charge in [-0.15, -0.1) is 0 Å². The third-order valence-electron chi connectivity index (χ3n) is 3.54. The van der Waals surface area contributed by atoms with Crippen molar-refractivity contribution >= 4 is 15.9 Å². The molecular weight excluding hydrogens is 304 g/mol. The molecule has 19 heavy (non-hydrogen) atoms. The van der Waals surface area contributed by atoms with E-state index in [1.54, 1.807) is 0 Å². The van der Waals surface area contributed by atoms with Gasteiger partial charge in [0, 0.05) is 22.9 Å². The molecule has 1 aromatic carbocycles. The van der Waals surface area contributed by atoms with Crippen molar-refractivity contribution in [1.82, 2.24) is 5.32 Å². The first-order valence-corrected chi connectivity index (χ1v) is 7.47. The average molecular weight is 323 g/mol. The van der Waals surface area contributed by atoms with Gasteiger partial charge in [0.25, 0.3) is 0 Å². The van der Waals surface area contributed by atoms with Crippen molar-refractivity contribution in [2.75, 3.05) is 13.2 Å². The summed E-state index contributed by atoms with van der Waals surface area (Å²) in [6.45, 7) is 4.52. The summed E-state index contributed by atoms with van der Waals surface area (Å²) in [4.78, 5) is 0. The van der Waals surface area contributed by atoms with E-state index >= 15 is 0 Å². The largest absolute Gasteiger partial charge is 0.493 e. The van der Waals surface area contributed by atoms with Gasteiger partial charge in [0.05, 0.1) is 12.7 Å². The maximum atomic E-state index is 8.80. The molecule has 0 radical (unpaired) electrons. The molecule has 0 atom stereocenters. The molecule has 0 aromatic heterocycles. The number of hydrogen-bond donors (Lipinski definition) is 1. The highest BCUT2D eigenvalue weighted by atomic mass is 79.9. The Balaban J connectivity index is 1.95. The van der Waals surface area contributed by atoms with E-state index in [2.05, 4.69) is 40.3 Å². The monoisotopic (exact) mass is 322 g/mol. The zero-order valence-corrected chi connectivity index (χ0v) is 12.8. The molecule has 0 amide bonds. The Hall–Kier alpha value is -1.05. The molecular formula is C15H19BrN2O. The van der Waals surface area contributed by atoms with Crippen molar-refractivity contribution in [2.45, 2.75) is 32.7 Å². The summed E-state index contributed by atoms with van der Waals surface area (Å²) in [6.07, 6.45) is 2.83. The second kappa shape index (κ2) is 6.40. The second-order valence-corrected chi connectivity index (χ2v) is 6.01. The lowest BCUT2D eigenvalue weighted by molar-refractivity contribution is 0.236. The van der Waals surface area contributed by atoms with Gasteiger partial charge in [-0.25, -0.2) is 0 Å². The van der Waals surface area contributed by atoms with Crippen molar-refractivity contribution in [3.05, 3.63) is 28.2 Å². The van der Waals surface area contributed by atoms with Crippen LogP contribution in [0.5, 0.6) is 5.75 Å². The molecule has 1 N–H and O–H groups in total. The number of nitriles is 1. The number of nitrogens with zero attached hydrogens (tertiary/aromatic N) is 1. The van der Waals surface area contributed by atoms with Crippen LogP contribution < -0.4 is 10.1 Å². The van der Waals surface area contributed by atoms with E-state index in [1.807, 2.05) is 12.1 Å². The van der Waals surface area contributed by atoms with Gasteiger partial charge in [-0.05, 0) is 43.1 Å². The summed E-state index contributed by atoms with van der Waals surface area (Å²) in [5, 5.41) is 12.1. The molecule has 1 aliphatic rings. The van der Waals surface area contributed by atoms with Gasteiger partial charge < -0.3 is 10.1 Å². The van der Waals surface area contributed by atoms with Gasteiger partial charge in [-0.3, -0.25) is 0 Å². The minimum absolute atomic E-state index is 0.129. The molecule has 0 spiro atoms. The minimum atomic E-state index is 0.129. The number of hydrogen-bond acceptors (Lipinski definition) is 3. The Labute approximate surface area is 123 Å². The van der Waals surface area contributed by atoms with Crippen LogP contribution >= 0.6 is 15.9 Å². The summed E-state index contributed by atoms with van der Waals surface area (Å²) in [5.74, 6) is 0.889. The molecule has 0 unspecified atom stereocenters. The molecule has 4 heteroatoms. The predicted octanol–water partition coefficient (Wildman–Crippen LogP) is 3.63. The summed E-state index contributed by atoms with van der Waals surface area (Å²) >= 11 is 3.55. The van der Waals surface area contributed by atoms with Crippen molar-refractivity contribution in [2.24, 2.45) is 5.41 Å². The second-order valence-electron chi connectivity index (χ2n) is 5.16. The van der Waals surface area contributed by atoms with Crippen LogP contribution in [0.2, 0.25) is 0 Å². The fraction of sp³-hybridized carbons (Fsp3) is 0.533. The standard InChI is InChI=1S/C15H19BrN2O/c1-2-18-10-12-9-13(3-4-14(12)16)19-11-15(5-6-15)7-8-17/h3-4,9,18H,2,5-7,10-11H2,1H3. The summed E-state index contributed by atoms with van der Waals surface area (Å²) < 4.78 is 6.96. The maximum Gasteiger partial charge on any atom is 0.119 e. The molecule has 2 rings (SSSR count). The first kappa shape index (κ1) is 14.4. The van der Waals surface area contributed by atoms with E-state index < -0.39 is 0 Å². The Bertz CT molecular complexity index is 478. The number of rotatable bonds is 7. The van der Waals surface area contributed by atoms with E-state index in [1.165, 1.54) is 5.56 Å². The topological polar surface area (TPSA) is 45.0 Å². The van der Waals surface area contributed by atoms with E-state index in [0.29, 0.717) is 13.0 Å². The van der Waals surface area contributed by atoms with Crippen LogP contribution in [-0.2, 0) is 6.54 Å². The molecule has 0 aliphatic heterocycles. The van der Waals surface area contributed by atoms with E-state index in [-0.39, 0.29) is 5.41 Å². The van der Waals surface area contributed by atoms with Gasteiger partial charge in [-0.2, -0.15) is 5.26 Å².